The third-order valence-electron chi connectivity index (χ3n) is 6.52. The number of aromatic nitrogens is 2. The van der Waals surface area contributed by atoms with Gasteiger partial charge in [0.05, 0.1) is 12.8 Å². The van der Waals surface area contributed by atoms with Crippen molar-refractivity contribution in [3.63, 3.8) is 0 Å². The second kappa shape index (κ2) is 11.9. The minimum atomic E-state index is -3.72. The maximum absolute atomic E-state index is 13.9. The molecular formula is C29H32N4O5S. The van der Waals surface area contributed by atoms with Gasteiger partial charge in [0.25, 0.3) is 5.91 Å². The molecule has 1 amide bonds. The van der Waals surface area contributed by atoms with Gasteiger partial charge in [-0.15, -0.1) is 0 Å². The zero-order valence-corrected chi connectivity index (χ0v) is 23.3. The highest BCUT2D eigenvalue weighted by atomic mass is 32.2. The number of benzene rings is 2. The van der Waals surface area contributed by atoms with Gasteiger partial charge in [-0.2, -0.15) is 4.31 Å². The Morgan fingerprint density at radius 2 is 1.64 bits per heavy atom. The van der Waals surface area contributed by atoms with Gasteiger partial charge in [-0.1, -0.05) is 74.5 Å². The summed E-state index contributed by atoms with van der Waals surface area (Å²) in [5.74, 6) is -1.02. The molecule has 4 rings (SSSR count). The van der Waals surface area contributed by atoms with E-state index in [9.17, 15) is 18.0 Å². The molecule has 204 valence electrons. The molecular weight excluding hydrogens is 516 g/mol. The predicted molar refractivity (Wildman–Crippen MR) is 149 cm³/mol. The van der Waals surface area contributed by atoms with Crippen LogP contribution in [0.4, 0.5) is 0 Å². The number of hydrogen-bond donors (Lipinski definition) is 0. The quantitative estimate of drug-likeness (QED) is 0.407. The first-order chi connectivity index (χ1) is 18.6. The molecule has 0 saturated carbocycles. The molecule has 10 heteroatoms. The molecule has 1 unspecified atom stereocenters. The molecule has 0 aliphatic carbocycles. The van der Waals surface area contributed by atoms with E-state index >= 15 is 0 Å². The lowest BCUT2D eigenvalue weighted by molar-refractivity contribution is 0.0570. The molecule has 1 fully saturated rings. The van der Waals surface area contributed by atoms with Crippen LogP contribution in [-0.4, -0.2) is 72.3 Å². The molecule has 1 saturated heterocycles. The van der Waals surface area contributed by atoms with E-state index in [1.807, 2.05) is 74.5 Å². The Labute approximate surface area is 229 Å². The fraction of sp³-hybridized carbons (Fsp3) is 0.310. The first kappa shape index (κ1) is 28.1. The maximum Gasteiger partial charge on any atom is 0.342 e. The molecule has 2 aromatic carbocycles. The van der Waals surface area contributed by atoms with Gasteiger partial charge in [0.1, 0.15) is 11.3 Å². The van der Waals surface area contributed by atoms with Gasteiger partial charge in [-0.05, 0) is 24.5 Å². The summed E-state index contributed by atoms with van der Waals surface area (Å²) in [5, 5.41) is 1.19. The summed E-state index contributed by atoms with van der Waals surface area (Å²) in [4.78, 5) is 37.4. The van der Waals surface area contributed by atoms with Gasteiger partial charge in [-0.25, -0.2) is 23.2 Å². The summed E-state index contributed by atoms with van der Waals surface area (Å²) >= 11 is 0. The van der Waals surface area contributed by atoms with Gasteiger partial charge >= 0.3 is 5.97 Å². The highest BCUT2D eigenvalue weighted by Crippen LogP contribution is 2.27. The Bertz CT molecular complexity index is 1470. The average Bonchev–Trinajstić information content (AvgIpc) is 2.95. The summed E-state index contributed by atoms with van der Waals surface area (Å²) in [6.45, 7) is 5.90. The molecule has 1 atom stereocenters. The topological polar surface area (TPSA) is 110 Å². The Balaban J connectivity index is 1.65. The van der Waals surface area contributed by atoms with Gasteiger partial charge in [0.15, 0.2) is 5.82 Å². The molecule has 1 aromatic heterocycles. The third-order valence-corrected chi connectivity index (χ3v) is 8.20. The fourth-order valence-corrected chi connectivity index (χ4v) is 5.92. The van der Waals surface area contributed by atoms with E-state index in [0.717, 1.165) is 5.56 Å². The molecule has 9 nitrogen and oxygen atoms in total. The van der Waals surface area contributed by atoms with E-state index in [2.05, 4.69) is 9.97 Å². The molecule has 39 heavy (non-hydrogen) atoms. The Kier molecular flexibility index (Phi) is 8.57. The van der Waals surface area contributed by atoms with Crippen molar-refractivity contribution in [1.29, 1.82) is 0 Å². The van der Waals surface area contributed by atoms with Crippen LogP contribution < -0.4 is 0 Å². The smallest absolute Gasteiger partial charge is 0.342 e. The van der Waals surface area contributed by atoms with Gasteiger partial charge in [-0.3, -0.25) is 4.79 Å². The number of nitrogens with zero attached hydrogens (tertiary/aromatic N) is 4. The molecule has 0 N–H and O–H groups in total. The number of piperazine rings is 1. The number of carbonyl (C=O) groups excluding carboxylic acids is 2. The van der Waals surface area contributed by atoms with E-state index in [1.165, 1.54) is 21.7 Å². The number of ether oxygens (including phenoxy) is 1. The van der Waals surface area contributed by atoms with Crippen molar-refractivity contribution >= 4 is 28.0 Å². The lowest BCUT2D eigenvalue weighted by atomic mass is 10.0. The van der Waals surface area contributed by atoms with Crippen molar-refractivity contribution < 1.29 is 22.7 Å². The minimum Gasteiger partial charge on any atom is -0.465 e. The van der Waals surface area contributed by atoms with Crippen molar-refractivity contribution in [2.75, 3.05) is 26.7 Å². The lowest BCUT2D eigenvalue weighted by Gasteiger charge is -2.38. The van der Waals surface area contributed by atoms with Crippen LogP contribution in [0.15, 0.2) is 66.1 Å². The molecule has 0 bridgehead atoms. The zero-order valence-electron chi connectivity index (χ0n) is 22.4. The summed E-state index contributed by atoms with van der Waals surface area (Å²) in [6, 6.07) is 17.9. The Hall–Kier alpha value is -3.89. The van der Waals surface area contributed by atoms with Crippen molar-refractivity contribution in [3.05, 3.63) is 88.6 Å². The van der Waals surface area contributed by atoms with E-state index in [0.29, 0.717) is 17.1 Å². The number of hydrogen-bond acceptors (Lipinski definition) is 7. The largest absolute Gasteiger partial charge is 0.465 e. The van der Waals surface area contributed by atoms with E-state index in [4.69, 9.17) is 4.74 Å². The third kappa shape index (κ3) is 6.23. The van der Waals surface area contributed by atoms with Crippen molar-refractivity contribution in [2.24, 2.45) is 0 Å². The highest BCUT2D eigenvalue weighted by Gasteiger charge is 2.36. The van der Waals surface area contributed by atoms with Crippen LogP contribution in [0.2, 0.25) is 0 Å². The van der Waals surface area contributed by atoms with Crippen LogP contribution >= 0.6 is 0 Å². The van der Waals surface area contributed by atoms with Crippen LogP contribution in [0.3, 0.4) is 0 Å². The number of esters is 1. The molecule has 2 heterocycles. The SMILES string of the molecule is COC(=O)c1c(C(=O)N2CCN(S(=O)(=O)/C=C/c3ccccc3)C(C)C2)nc(-c2ccccc2)nc1C(C)C. The lowest BCUT2D eigenvalue weighted by Crippen LogP contribution is -2.55. The van der Waals surface area contributed by atoms with E-state index in [-0.39, 0.29) is 36.8 Å². The Morgan fingerprint density at radius 1 is 1.00 bits per heavy atom. The summed E-state index contributed by atoms with van der Waals surface area (Å²) in [6.07, 6.45) is 1.56. The molecule has 1 aliphatic rings. The number of carbonyl (C=O) groups is 2. The number of amides is 1. The van der Waals surface area contributed by atoms with Crippen LogP contribution in [0.5, 0.6) is 0 Å². The van der Waals surface area contributed by atoms with Crippen LogP contribution in [0.25, 0.3) is 17.5 Å². The van der Waals surface area contributed by atoms with Crippen LogP contribution in [-0.2, 0) is 14.8 Å². The van der Waals surface area contributed by atoms with Crippen LogP contribution in [0.1, 0.15) is 58.8 Å². The van der Waals surface area contributed by atoms with Crippen molar-refractivity contribution in [3.8, 4) is 11.4 Å². The second-order valence-corrected chi connectivity index (χ2v) is 11.4. The minimum absolute atomic E-state index is 0.0330. The summed E-state index contributed by atoms with van der Waals surface area (Å²) < 4.78 is 32.5. The van der Waals surface area contributed by atoms with Gasteiger partial charge in [0, 0.05) is 36.6 Å². The number of methoxy groups -OCH3 is 1. The molecule has 1 aliphatic heterocycles. The van der Waals surface area contributed by atoms with E-state index < -0.39 is 27.9 Å². The number of rotatable bonds is 7. The standard InChI is InChI=1S/C29H32N4O5S/c1-20(2)25-24(29(35)38-4)26(31-27(30-25)23-13-9-6-10-14-23)28(34)32-16-17-33(21(3)19-32)39(36,37)18-15-22-11-7-5-8-12-22/h5-15,18,20-21H,16-17,19H2,1-4H3/b18-15+. The van der Waals surface area contributed by atoms with E-state index in [1.54, 1.807) is 13.0 Å². The molecule has 0 radical (unpaired) electrons. The molecule has 0 spiro atoms. The normalized spacial score (nSPS) is 16.5. The van der Waals surface area contributed by atoms with Gasteiger partial charge < -0.3 is 9.64 Å². The highest BCUT2D eigenvalue weighted by molar-refractivity contribution is 7.92. The second-order valence-electron chi connectivity index (χ2n) is 9.64. The fourth-order valence-electron chi connectivity index (χ4n) is 4.53. The maximum atomic E-state index is 13.9. The first-order valence-electron chi connectivity index (χ1n) is 12.7. The molecule has 3 aromatic rings. The predicted octanol–water partition coefficient (Wildman–Crippen LogP) is 4.20. The first-order valence-corrected chi connectivity index (χ1v) is 14.2. The Morgan fingerprint density at radius 3 is 2.23 bits per heavy atom. The number of sulfonamides is 1. The van der Waals surface area contributed by atoms with Crippen LogP contribution in [0, 0.1) is 0 Å². The summed E-state index contributed by atoms with van der Waals surface area (Å²) in [5.41, 5.74) is 1.88. The average molecular weight is 549 g/mol. The zero-order chi connectivity index (χ0) is 28.2. The van der Waals surface area contributed by atoms with Gasteiger partial charge in [0.2, 0.25) is 10.0 Å². The summed E-state index contributed by atoms with van der Waals surface area (Å²) in [7, 11) is -2.47. The monoisotopic (exact) mass is 548 g/mol. The van der Waals surface area contributed by atoms with Crippen molar-refractivity contribution in [2.45, 2.75) is 32.7 Å². The van der Waals surface area contributed by atoms with Crippen molar-refractivity contribution in [1.82, 2.24) is 19.2 Å².